The second-order valence-electron chi connectivity index (χ2n) is 5.82. The summed E-state index contributed by atoms with van der Waals surface area (Å²) >= 11 is 6.48. The molecule has 10 nitrogen and oxygen atoms in total. The topological polar surface area (TPSA) is 128 Å². The van der Waals surface area contributed by atoms with E-state index in [0.717, 1.165) is 4.47 Å². The first kappa shape index (κ1) is 18.1. The zero-order valence-corrected chi connectivity index (χ0v) is 20.5. The number of hydrogen-bond acceptors (Lipinski definition) is 8. The molecule has 0 fully saturated rings. The summed E-state index contributed by atoms with van der Waals surface area (Å²) in [5.74, 6) is -0.697. The maximum Gasteiger partial charge on any atom is 0.316 e. The number of aromatic nitrogens is 4. The van der Waals surface area contributed by atoms with Gasteiger partial charge in [-0.05, 0) is 40.0 Å². The molecule has 0 aliphatic rings. The van der Waals surface area contributed by atoms with E-state index in [0.29, 0.717) is 10.0 Å². The van der Waals surface area contributed by atoms with Gasteiger partial charge < -0.3 is 9.47 Å². The van der Waals surface area contributed by atoms with Crippen LogP contribution in [0, 0.1) is 0 Å². The van der Waals surface area contributed by atoms with Gasteiger partial charge >= 0.3 is 6.01 Å². The highest BCUT2D eigenvalue weighted by molar-refractivity contribution is 9.10. The van der Waals surface area contributed by atoms with Crippen molar-refractivity contribution in [2.24, 2.45) is 0 Å². The Morgan fingerprint density at radius 2 is 1.78 bits per heavy atom. The van der Waals surface area contributed by atoms with Gasteiger partial charge in [0.05, 0.1) is 12.8 Å². The first-order chi connectivity index (χ1) is 17.2. The molecule has 2 aromatic heterocycles. The van der Waals surface area contributed by atoms with E-state index in [9.17, 15) is 8.42 Å². The van der Waals surface area contributed by atoms with Crippen LogP contribution in [0.15, 0.2) is 51.9 Å². The average molecular weight is 593 g/mol. The van der Waals surface area contributed by atoms with Crippen LogP contribution >= 0.6 is 31.9 Å². The zero-order chi connectivity index (χ0) is 27.4. The van der Waals surface area contributed by atoms with Crippen LogP contribution in [0.3, 0.4) is 0 Å². The average Bonchev–Trinajstić information content (AvgIpc) is 2.79. The monoisotopic (exact) mass is 591 g/mol. The normalized spacial score (nSPS) is 14.4. The van der Waals surface area contributed by atoms with Gasteiger partial charge in [0.25, 0.3) is 10.2 Å². The summed E-state index contributed by atoms with van der Waals surface area (Å²) in [6, 6.07) is 6.26. The van der Waals surface area contributed by atoms with E-state index in [4.69, 9.17) is 16.3 Å². The molecule has 0 atom stereocenters. The molecule has 2 N–H and O–H groups in total. The number of rotatable bonds is 11. The second kappa shape index (κ2) is 11.5. The van der Waals surface area contributed by atoms with Gasteiger partial charge in [-0.1, -0.05) is 35.0 Å². The SMILES string of the molecule is [2H]c1nc(NS(=O)(=O)NC([2H])([2H])CC)c(-c2ccc(Br)cc2)c(OCC([2H])([2H])Oc2ncc(Br)cn2)n1. The predicted octanol–water partition coefficient (Wildman–Crippen LogP) is 3.57. The van der Waals surface area contributed by atoms with Gasteiger partial charge in [0.1, 0.15) is 20.8 Å². The summed E-state index contributed by atoms with van der Waals surface area (Å²) in [5, 5.41) is 0. The summed E-state index contributed by atoms with van der Waals surface area (Å²) in [6.45, 7) is -3.97. The lowest BCUT2D eigenvalue weighted by Gasteiger charge is -2.15. The minimum Gasteiger partial charge on any atom is -0.473 e. The van der Waals surface area contributed by atoms with Crippen LogP contribution in [0.5, 0.6) is 11.9 Å². The van der Waals surface area contributed by atoms with Gasteiger partial charge in [-0.15, -0.1) is 0 Å². The van der Waals surface area contributed by atoms with Gasteiger partial charge in [0.15, 0.2) is 5.82 Å². The van der Waals surface area contributed by atoms with Gasteiger partial charge in [0.2, 0.25) is 5.88 Å². The largest absolute Gasteiger partial charge is 0.473 e. The maximum atomic E-state index is 12.6. The zero-order valence-electron chi connectivity index (χ0n) is 21.5. The quantitative estimate of drug-likeness (QED) is 0.346. The molecule has 170 valence electrons. The molecule has 2 heterocycles. The Labute approximate surface area is 209 Å². The van der Waals surface area contributed by atoms with Crippen molar-refractivity contribution in [2.45, 2.75) is 13.3 Å². The Kier molecular flexibility index (Phi) is 6.51. The molecule has 0 bridgehead atoms. The molecular formula is C19H20Br2N6O4S. The van der Waals surface area contributed by atoms with Gasteiger partial charge in [-0.2, -0.15) is 13.1 Å². The first-order valence-corrected chi connectivity index (χ1v) is 12.0. The van der Waals surface area contributed by atoms with Crippen LogP contribution in [-0.4, -0.2) is 48.0 Å². The minimum absolute atomic E-state index is 0.0124. The van der Waals surface area contributed by atoms with Gasteiger partial charge in [-0.25, -0.2) is 19.9 Å². The Morgan fingerprint density at radius 3 is 2.47 bits per heavy atom. The fourth-order valence-electron chi connectivity index (χ4n) is 2.25. The van der Waals surface area contributed by atoms with Crippen molar-refractivity contribution in [2.75, 3.05) is 24.4 Å². The van der Waals surface area contributed by atoms with E-state index >= 15 is 0 Å². The molecule has 32 heavy (non-hydrogen) atoms. The Balaban J connectivity index is 1.98. The number of benzene rings is 1. The lowest BCUT2D eigenvalue weighted by molar-refractivity contribution is 0.202. The van der Waals surface area contributed by atoms with Crippen molar-refractivity contribution in [3.05, 3.63) is 51.9 Å². The van der Waals surface area contributed by atoms with Crippen LogP contribution in [0.1, 0.15) is 20.2 Å². The number of ether oxygens (including phenoxy) is 2. The summed E-state index contributed by atoms with van der Waals surface area (Å²) in [4.78, 5) is 15.5. The number of halogens is 2. The fourth-order valence-corrected chi connectivity index (χ4v) is 3.51. The Morgan fingerprint density at radius 1 is 1.06 bits per heavy atom. The third-order valence-electron chi connectivity index (χ3n) is 3.54. The Bertz CT molecular complexity index is 1350. The van der Waals surface area contributed by atoms with Crippen molar-refractivity contribution in [3.63, 3.8) is 0 Å². The molecule has 0 aliphatic carbocycles. The highest BCUT2D eigenvalue weighted by Crippen LogP contribution is 2.34. The molecular weight excluding hydrogens is 568 g/mol. The van der Waals surface area contributed by atoms with Gasteiger partial charge in [-0.3, -0.25) is 4.72 Å². The van der Waals surface area contributed by atoms with Crippen molar-refractivity contribution in [3.8, 4) is 23.0 Å². The number of nitrogens with zero attached hydrogens (tertiary/aromatic N) is 4. The predicted molar refractivity (Wildman–Crippen MR) is 127 cm³/mol. The molecule has 0 aliphatic heterocycles. The van der Waals surface area contributed by atoms with Gasteiger partial charge in [0, 0.05) is 26.1 Å². The van der Waals surface area contributed by atoms with E-state index < -0.39 is 36.2 Å². The van der Waals surface area contributed by atoms with E-state index in [2.05, 4.69) is 56.5 Å². The molecule has 0 radical (unpaired) electrons. The third-order valence-corrected chi connectivity index (χ3v) is 5.35. The molecule has 0 amide bonds. The van der Waals surface area contributed by atoms with Crippen molar-refractivity contribution < 1.29 is 24.7 Å². The number of anilines is 1. The van der Waals surface area contributed by atoms with Crippen LogP contribution in [0.2, 0.25) is 0 Å². The minimum atomic E-state index is -4.50. The summed E-state index contributed by atoms with van der Waals surface area (Å²) in [5.41, 5.74) is 0.355. The molecule has 0 saturated heterocycles. The highest BCUT2D eigenvalue weighted by Gasteiger charge is 2.19. The Hall–Kier alpha value is -2.35. The molecule has 3 aromatic rings. The fraction of sp³-hybridized carbons (Fsp3) is 0.263. The van der Waals surface area contributed by atoms with E-state index in [1.165, 1.54) is 19.3 Å². The summed E-state index contributed by atoms with van der Waals surface area (Å²) in [6.07, 6.45) is 1.96. The molecule has 0 saturated carbocycles. The van der Waals surface area contributed by atoms with Crippen molar-refractivity contribution in [1.29, 1.82) is 0 Å². The molecule has 0 spiro atoms. The van der Waals surface area contributed by atoms with E-state index in [1.807, 2.05) is 4.72 Å². The first-order valence-electron chi connectivity index (χ1n) is 11.4. The van der Waals surface area contributed by atoms with E-state index in [-0.39, 0.29) is 29.7 Å². The molecule has 3 rings (SSSR count). The maximum absolute atomic E-state index is 12.6. The molecule has 13 heteroatoms. The van der Waals surface area contributed by atoms with Crippen LogP contribution in [-0.2, 0) is 10.2 Å². The van der Waals surface area contributed by atoms with E-state index in [1.54, 1.807) is 24.3 Å². The standard InChI is InChI=1S/C19H20Br2N6O4S/c1-2-7-26-32(28,29)27-17-16(13-3-5-14(20)6-4-13)18(25-12-24-17)30-8-9-31-19-22-10-15(21)11-23-19/h3-6,10-12,26H,2,7-9H2,1H3,(H,24,25,27)/i7D2,9D2,12D. The number of nitrogens with one attached hydrogen (secondary N) is 2. The highest BCUT2D eigenvalue weighted by atomic mass is 79.9. The number of hydrogen-bond donors (Lipinski definition) is 2. The van der Waals surface area contributed by atoms with Crippen molar-refractivity contribution >= 4 is 47.9 Å². The van der Waals surface area contributed by atoms with Crippen LogP contribution in [0.4, 0.5) is 5.82 Å². The smallest absolute Gasteiger partial charge is 0.316 e. The third kappa shape index (κ3) is 7.08. The molecule has 1 aromatic carbocycles. The summed E-state index contributed by atoms with van der Waals surface area (Å²) < 4.78 is 80.9. The lowest BCUT2D eigenvalue weighted by Crippen LogP contribution is -2.31. The van der Waals surface area contributed by atoms with Crippen LogP contribution in [0.25, 0.3) is 11.1 Å². The van der Waals surface area contributed by atoms with Crippen molar-refractivity contribution in [1.82, 2.24) is 24.7 Å². The lowest BCUT2D eigenvalue weighted by atomic mass is 10.1. The summed E-state index contributed by atoms with van der Waals surface area (Å²) in [7, 11) is -4.50. The van der Waals surface area contributed by atoms with Crippen LogP contribution < -0.4 is 18.9 Å². The second-order valence-corrected chi connectivity index (χ2v) is 9.06. The molecule has 0 unspecified atom stereocenters.